The molecule has 2 fully saturated rings. The van der Waals surface area contributed by atoms with E-state index in [0.29, 0.717) is 11.6 Å². The van der Waals surface area contributed by atoms with Crippen molar-refractivity contribution < 1.29 is 5.11 Å². The van der Waals surface area contributed by atoms with Gasteiger partial charge in [0.1, 0.15) is 0 Å². The van der Waals surface area contributed by atoms with Gasteiger partial charge in [-0.2, -0.15) is 0 Å². The van der Waals surface area contributed by atoms with Crippen LogP contribution in [0.1, 0.15) is 24.4 Å². The van der Waals surface area contributed by atoms with Gasteiger partial charge in [0.25, 0.3) is 5.56 Å². The molecule has 2 aliphatic rings. The van der Waals surface area contributed by atoms with E-state index in [9.17, 15) is 9.90 Å². The molecule has 2 aromatic heterocycles. The number of aromatic nitrogens is 3. The largest absolute Gasteiger partial charge is 0.393 e. The van der Waals surface area contributed by atoms with Gasteiger partial charge in [-0.3, -0.25) is 14.3 Å². The predicted octanol–water partition coefficient (Wildman–Crippen LogP) is 3.22. The third kappa shape index (κ3) is 6.49. The minimum atomic E-state index is -0.167. The van der Waals surface area contributed by atoms with Gasteiger partial charge in [-0.1, -0.05) is 12.1 Å². The number of nitrogens with zero attached hydrogens (tertiary/aromatic N) is 5. The van der Waals surface area contributed by atoms with E-state index in [1.165, 1.54) is 11.3 Å². The minimum absolute atomic E-state index is 0. The highest BCUT2D eigenvalue weighted by atomic mass is 35.5. The second-order valence-corrected chi connectivity index (χ2v) is 8.84. The summed E-state index contributed by atoms with van der Waals surface area (Å²) in [6, 6.07) is 14.2. The van der Waals surface area contributed by atoms with Crippen LogP contribution in [0.3, 0.4) is 0 Å². The van der Waals surface area contributed by atoms with E-state index in [-0.39, 0.29) is 54.9 Å². The van der Waals surface area contributed by atoms with Gasteiger partial charge in [-0.15, -0.1) is 37.2 Å². The molecule has 0 spiro atoms. The highest BCUT2D eigenvalue weighted by Crippen LogP contribution is 2.26. The first-order valence-corrected chi connectivity index (χ1v) is 11.6. The van der Waals surface area contributed by atoms with Crippen LogP contribution in [0.25, 0.3) is 11.3 Å². The van der Waals surface area contributed by atoms with Crippen molar-refractivity contribution in [3.05, 3.63) is 70.8 Å². The Kier molecular flexibility index (Phi) is 11.0. The molecule has 0 radical (unpaired) electrons. The molecular formula is C25H33Cl3N6O2. The quantitative estimate of drug-likeness (QED) is 0.511. The van der Waals surface area contributed by atoms with Crippen LogP contribution in [0.2, 0.25) is 0 Å². The maximum Gasteiger partial charge on any atom is 0.255 e. The molecule has 2 saturated heterocycles. The summed E-state index contributed by atoms with van der Waals surface area (Å²) in [4.78, 5) is 26.1. The maximum absolute atomic E-state index is 12.7. The number of rotatable bonds is 4. The predicted molar refractivity (Wildman–Crippen MR) is 151 cm³/mol. The molecule has 0 saturated carbocycles. The number of halogens is 3. The fraction of sp³-hybridized carbons (Fsp3) is 0.400. The average molecular weight is 556 g/mol. The summed E-state index contributed by atoms with van der Waals surface area (Å²) in [5, 5.41) is 13.4. The molecule has 1 aromatic carbocycles. The Morgan fingerprint density at radius 3 is 2.28 bits per heavy atom. The van der Waals surface area contributed by atoms with Crippen molar-refractivity contribution in [2.75, 3.05) is 42.5 Å². The van der Waals surface area contributed by atoms with Crippen molar-refractivity contribution in [1.82, 2.24) is 19.9 Å². The lowest BCUT2D eigenvalue weighted by Gasteiger charge is -2.36. The highest BCUT2D eigenvalue weighted by molar-refractivity contribution is 5.86. The Morgan fingerprint density at radius 1 is 0.944 bits per heavy atom. The number of piperidine rings is 1. The van der Waals surface area contributed by atoms with E-state index in [1.54, 1.807) is 30.1 Å². The van der Waals surface area contributed by atoms with Crippen LogP contribution >= 0.6 is 37.2 Å². The second-order valence-electron chi connectivity index (χ2n) is 8.84. The summed E-state index contributed by atoms with van der Waals surface area (Å²) in [5.41, 5.74) is 3.90. The number of aliphatic hydroxyl groups excluding tert-OH is 1. The Bertz CT molecular complexity index is 1150. The standard InChI is InChI=1S/C25H30N6O2.3ClH/c1-29-24(33)16-22(19-6-10-26-11-7-19)28-25(29)31-15-12-27-23(17-31)18-2-4-20(5-3-18)30-13-8-21(32)9-14-30;;;/h2-7,10-11,16,21,23,27,32H,8-9,12-15,17H2,1H3;3*1H/t23-;;;/m1.../s1. The number of anilines is 2. The summed E-state index contributed by atoms with van der Waals surface area (Å²) in [6.07, 6.45) is 4.91. The van der Waals surface area contributed by atoms with E-state index >= 15 is 0 Å². The molecular weight excluding hydrogens is 523 g/mol. The van der Waals surface area contributed by atoms with Gasteiger partial charge in [0.2, 0.25) is 5.95 Å². The summed E-state index contributed by atoms with van der Waals surface area (Å²) < 4.78 is 1.63. The van der Waals surface area contributed by atoms with Gasteiger partial charge in [-0.25, -0.2) is 4.98 Å². The molecule has 4 heterocycles. The SMILES string of the molecule is Cl.Cl.Cl.Cn1c(N2CCN[C@@H](c3ccc(N4CCC(O)CC4)cc3)C2)nc(-c2ccncc2)cc1=O. The number of benzene rings is 1. The normalized spacial score (nSPS) is 18.0. The molecule has 3 aromatic rings. The zero-order valence-corrected chi connectivity index (χ0v) is 22.6. The van der Waals surface area contributed by atoms with E-state index in [4.69, 9.17) is 4.98 Å². The van der Waals surface area contributed by atoms with Gasteiger partial charge < -0.3 is 20.2 Å². The lowest BCUT2D eigenvalue weighted by Crippen LogP contribution is -2.47. The van der Waals surface area contributed by atoms with Crippen molar-refractivity contribution in [3.8, 4) is 11.3 Å². The molecule has 1 atom stereocenters. The van der Waals surface area contributed by atoms with E-state index in [2.05, 4.69) is 44.4 Å². The van der Waals surface area contributed by atoms with E-state index < -0.39 is 0 Å². The molecule has 2 N–H and O–H groups in total. The first-order chi connectivity index (χ1) is 16.1. The fourth-order valence-corrected chi connectivity index (χ4v) is 4.68. The third-order valence-corrected chi connectivity index (χ3v) is 6.67. The van der Waals surface area contributed by atoms with Crippen LogP contribution < -0.4 is 20.7 Å². The molecule has 0 aliphatic carbocycles. The number of hydrogen-bond donors (Lipinski definition) is 2. The molecule has 196 valence electrons. The highest BCUT2D eigenvalue weighted by Gasteiger charge is 2.25. The van der Waals surface area contributed by atoms with Crippen molar-refractivity contribution in [2.45, 2.75) is 25.0 Å². The van der Waals surface area contributed by atoms with Gasteiger partial charge in [-0.05, 0) is 42.7 Å². The summed E-state index contributed by atoms with van der Waals surface area (Å²) in [6.45, 7) is 4.11. The van der Waals surface area contributed by atoms with Crippen LogP contribution in [0.5, 0.6) is 0 Å². The van der Waals surface area contributed by atoms with Crippen molar-refractivity contribution >= 4 is 48.9 Å². The monoisotopic (exact) mass is 554 g/mol. The maximum atomic E-state index is 12.7. The third-order valence-electron chi connectivity index (χ3n) is 6.67. The number of hydrogen-bond acceptors (Lipinski definition) is 7. The van der Waals surface area contributed by atoms with Gasteiger partial charge in [0.05, 0.1) is 11.8 Å². The van der Waals surface area contributed by atoms with E-state index in [1.807, 2.05) is 12.1 Å². The van der Waals surface area contributed by atoms with Crippen molar-refractivity contribution in [1.29, 1.82) is 0 Å². The number of piperazine rings is 1. The summed E-state index contributed by atoms with van der Waals surface area (Å²) in [5.74, 6) is 0.685. The molecule has 0 bridgehead atoms. The molecule has 5 rings (SSSR count). The Hall–Kier alpha value is -2.36. The smallest absolute Gasteiger partial charge is 0.255 e. The van der Waals surface area contributed by atoms with Crippen LogP contribution in [0, 0.1) is 0 Å². The Labute approximate surface area is 230 Å². The molecule has 2 aliphatic heterocycles. The average Bonchev–Trinajstić information content (AvgIpc) is 2.87. The van der Waals surface area contributed by atoms with Gasteiger partial charge in [0.15, 0.2) is 0 Å². The topological polar surface area (TPSA) is 86.5 Å². The Balaban J connectivity index is 0.00000152. The molecule has 36 heavy (non-hydrogen) atoms. The molecule has 0 amide bonds. The lowest BCUT2D eigenvalue weighted by molar-refractivity contribution is 0.145. The molecule has 0 unspecified atom stereocenters. The first kappa shape index (κ1) is 29.9. The summed E-state index contributed by atoms with van der Waals surface area (Å²) >= 11 is 0. The van der Waals surface area contributed by atoms with E-state index in [0.717, 1.165) is 51.1 Å². The zero-order valence-electron chi connectivity index (χ0n) is 20.1. The minimum Gasteiger partial charge on any atom is -0.393 e. The second kappa shape index (κ2) is 13.3. The van der Waals surface area contributed by atoms with Crippen molar-refractivity contribution in [2.24, 2.45) is 7.05 Å². The van der Waals surface area contributed by atoms with Gasteiger partial charge >= 0.3 is 0 Å². The van der Waals surface area contributed by atoms with Crippen LogP contribution in [0.4, 0.5) is 11.6 Å². The summed E-state index contributed by atoms with van der Waals surface area (Å²) in [7, 11) is 1.78. The number of pyridine rings is 1. The van der Waals surface area contributed by atoms with Crippen LogP contribution in [-0.2, 0) is 7.05 Å². The lowest BCUT2D eigenvalue weighted by atomic mass is 10.0. The molecule has 11 heteroatoms. The number of nitrogens with one attached hydrogen (secondary N) is 1. The van der Waals surface area contributed by atoms with Crippen LogP contribution in [-0.4, -0.2) is 58.5 Å². The van der Waals surface area contributed by atoms with Crippen molar-refractivity contribution in [3.63, 3.8) is 0 Å². The number of aliphatic hydroxyl groups is 1. The Morgan fingerprint density at radius 2 is 1.61 bits per heavy atom. The fourth-order valence-electron chi connectivity index (χ4n) is 4.68. The van der Waals surface area contributed by atoms with Crippen LogP contribution in [0.15, 0.2) is 59.7 Å². The zero-order chi connectivity index (χ0) is 22.8. The molecule has 8 nitrogen and oxygen atoms in total. The van der Waals surface area contributed by atoms with Gasteiger partial charge in [0, 0.05) is 75.5 Å². The first-order valence-electron chi connectivity index (χ1n) is 11.6.